The lowest BCUT2D eigenvalue weighted by atomic mass is 10.1. The van der Waals surface area contributed by atoms with Gasteiger partial charge in [-0.05, 0) is 18.4 Å². The molecule has 0 heterocycles. The zero-order chi connectivity index (χ0) is 10.3. The summed E-state index contributed by atoms with van der Waals surface area (Å²) in [6.45, 7) is 9.46. The minimum absolute atomic E-state index is 0.240. The Kier molecular flexibility index (Phi) is 7.23. The molecule has 0 aliphatic carbocycles. The van der Waals surface area contributed by atoms with E-state index in [2.05, 4.69) is 11.8 Å². The van der Waals surface area contributed by atoms with Gasteiger partial charge >= 0.3 is 0 Å². The molecule has 0 amide bonds. The van der Waals surface area contributed by atoms with Gasteiger partial charge in [-0.3, -0.25) is 0 Å². The number of hydrogen-bond donors (Lipinski definition) is 2. The Labute approximate surface area is 81.4 Å². The molecular weight excluding hydrogens is 166 g/mol. The summed E-state index contributed by atoms with van der Waals surface area (Å²) in [5.74, 6) is 0.650. The van der Waals surface area contributed by atoms with Gasteiger partial charge in [0.15, 0.2) is 0 Å². The lowest BCUT2D eigenvalue weighted by Crippen LogP contribution is -2.34. The van der Waals surface area contributed by atoms with Gasteiger partial charge < -0.3 is 15.1 Å². The lowest BCUT2D eigenvalue weighted by Gasteiger charge is -2.25. The van der Waals surface area contributed by atoms with Gasteiger partial charge in [0.25, 0.3) is 0 Å². The van der Waals surface area contributed by atoms with Gasteiger partial charge in [-0.2, -0.15) is 0 Å². The lowest BCUT2D eigenvalue weighted by molar-refractivity contribution is 0.142. The van der Waals surface area contributed by atoms with Crippen molar-refractivity contribution < 1.29 is 10.2 Å². The molecule has 0 radical (unpaired) electrons. The molecule has 0 aromatic carbocycles. The van der Waals surface area contributed by atoms with E-state index in [0.717, 1.165) is 19.6 Å². The minimum atomic E-state index is 0.240. The van der Waals surface area contributed by atoms with E-state index in [-0.39, 0.29) is 13.2 Å². The first-order valence-corrected chi connectivity index (χ1v) is 5.08. The first-order valence-electron chi connectivity index (χ1n) is 5.08. The quantitative estimate of drug-likeness (QED) is 0.615. The Hall–Kier alpha value is -0.120. The normalized spacial score (nSPS) is 16.2. The van der Waals surface area contributed by atoms with Crippen molar-refractivity contribution in [3.05, 3.63) is 0 Å². The highest BCUT2D eigenvalue weighted by atomic mass is 16.3. The Morgan fingerprint density at radius 3 is 1.62 bits per heavy atom. The van der Waals surface area contributed by atoms with Crippen LogP contribution in [0.25, 0.3) is 0 Å². The average molecular weight is 189 g/mol. The van der Waals surface area contributed by atoms with Crippen LogP contribution in [0.1, 0.15) is 20.8 Å². The van der Waals surface area contributed by atoms with Crippen LogP contribution in [-0.4, -0.2) is 48.0 Å². The highest BCUT2D eigenvalue weighted by Crippen LogP contribution is 2.03. The van der Waals surface area contributed by atoms with Gasteiger partial charge in [-0.25, -0.2) is 0 Å². The van der Waals surface area contributed by atoms with Crippen molar-refractivity contribution in [1.29, 1.82) is 0 Å². The van der Waals surface area contributed by atoms with E-state index >= 15 is 0 Å². The third kappa shape index (κ3) is 6.02. The van der Waals surface area contributed by atoms with Crippen LogP contribution in [0.4, 0.5) is 0 Å². The molecule has 3 heteroatoms. The molecule has 0 saturated carbocycles. The van der Waals surface area contributed by atoms with E-state index in [9.17, 15) is 0 Å². The maximum atomic E-state index is 8.89. The topological polar surface area (TPSA) is 43.7 Å². The van der Waals surface area contributed by atoms with Crippen LogP contribution in [0.2, 0.25) is 0 Å². The fraction of sp³-hybridized carbons (Fsp3) is 1.00. The van der Waals surface area contributed by atoms with Crippen molar-refractivity contribution in [3.8, 4) is 0 Å². The minimum Gasteiger partial charge on any atom is -0.396 e. The van der Waals surface area contributed by atoms with Crippen LogP contribution >= 0.6 is 0 Å². The van der Waals surface area contributed by atoms with Crippen LogP contribution in [-0.2, 0) is 0 Å². The van der Waals surface area contributed by atoms with Crippen LogP contribution in [0.5, 0.6) is 0 Å². The summed E-state index contributed by atoms with van der Waals surface area (Å²) in [6.07, 6.45) is 0. The maximum absolute atomic E-state index is 8.89. The van der Waals surface area contributed by atoms with Gasteiger partial charge in [-0.1, -0.05) is 20.8 Å². The largest absolute Gasteiger partial charge is 0.396 e. The molecule has 80 valence electrons. The molecule has 0 fully saturated rings. The number of rotatable bonds is 7. The number of nitrogens with zero attached hydrogens (tertiary/aromatic N) is 1. The van der Waals surface area contributed by atoms with Gasteiger partial charge in [0.2, 0.25) is 0 Å². The molecule has 0 spiro atoms. The third-order valence-corrected chi connectivity index (χ3v) is 2.21. The van der Waals surface area contributed by atoms with Gasteiger partial charge in [0, 0.05) is 26.3 Å². The zero-order valence-electron chi connectivity index (χ0n) is 9.03. The summed E-state index contributed by atoms with van der Waals surface area (Å²) in [5.41, 5.74) is 0. The van der Waals surface area contributed by atoms with E-state index in [1.807, 2.05) is 13.8 Å². The van der Waals surface area contributed by atoms with Crippen molar-refractivity contribution in [2.75, 3.05) is 32.8 Å². The highest BCUT2D eigenvalue weighted by molar-refractivity contribution is 4.63. The molecule has 0 aromatic rings. The van der Waals surface area contributed by atoms with Gasteiger partial charge in [0.1, 0.15) is 0 Å². The molecular formula is C10H23NO2. The predicted molar refractivity (Wildman–Crippen MR) is 54.6 cm³/mol. The van der Waals surface area contributed by atoms with Gasteiger partial charge in [0.05, 0.1) is 0 Å². The first-order chi connectivity index (χ1) is 6.13. The molecule has 3 nitrogen and oxygen atoms in total. The maximum Gasteiger partial charge on any atom is 0.0468 e. The third-order valence-electron chi connectivity index (χ3n) is 2.21. The average Bonchev–Trinajstić information content (AvgIpc) is 2.16. The van der Waals surface area contributed by atoms with Crippen molar-refractivity contribution in [2.45, 2.75) is 20.8 Å². The van der Waals surface area contributed by atoms with E-state index < -0.39 is 0 Å². The van der Waals surface area contributed by atoms with Crippen LogP contribution in [0.15, 0.2) is 0 Å². The second-order valence-corrected chi connectivity index (χ2v) is 3.93. The Morgan fingerprint density at radius 1 is 1.00 bits per heavy atom. The summed E-state index contributed by atoms with van der Waals surface area (Å²) in [6, 6.07) is 0. The van der Waals surface area contributed by atoms with Crippen molar-refractivity contribution in [3.63, 3.8) is 0 Å². The molecule has 0 aliphatic heterocycles. The predicted octanol–water partition coefficient (Wildman–Crippen LogP) is 0.565. The highest BCUT2D eigenvalue weighted by Gasteiger charge is 2.10. The van der Waals surface area contributed by atoms with Crippen LogP contribution < -0.4 is 0 Å². The molecule has 2 N–H and O–H groups in total. The number of hydrogen-bond acceptors (Lipinski definition) is 3. The van der Waals surface area contributed by atoms with Crippen molar-refractivity contribution >= 4 is 0 Å². The molecule has 0 aliphatic rings. The summed E-state index contributed by atoms with van der Waals surface area (Å²) < 4.78 is 0. The van der Waals surface area contributed by atoms with Crippen molar-refractivity contribution in [2.24, 2.45) is 11.8 Å². The van der Waals surface area contributed by atoms with E-state index in [1.54, 1.807) is 0 Å². The summed E-state index contributed by atoms with van der Waals surface area (Å²) in [7, 11) is 0. The Morgan fingerprint density at radius 2 is 1.38 bits per heavy atom. The monoisotopic (exact) mass is 189 g/mol. The molecule has 2 atom stereocenters. The van der Waals surface area contributed by atoms with Crippen molar-refractivity contribution in [1.82, 2.24) is 4.90 Å². The van der Waals surface area contributed by atoms with E-state index in [0.29, 0.717) is 11.8 Å². The fourth-order valence-corrected chi connectivity index (χ4v) is 1.33. The van der Waals surface area contributed by atoms with Crippen LogP contribution in [0, 0.1) is 11.8 Å². The number of aliphatic hydroxyl groups excluding tert-OH is 2. The molecule has 0 aromatic heterocycles. The molecule has 0 bridgehead atoms. The van der Waals surface area contributed by atoms with Gasteiger partial charge in [-0.15, -0.1) is 0 Å². The molecule has 0 saturated heterocycles. The standard InChI is InChI=1S/C10H23NO2/c1-4-11(5-9(2)7-12)6-10(3)8-13/h9-10,12-13H,4-8H2,1-3H3. The SMILES string of the molecule is CCN(CC(C)CO)CC(C)CO. The molecule has 0 rings (SSSR count). The Balaban J connectivity index is 3.74. The van der Waals surface area contributed by atoms with E-state index in [1.165, 1.54) is 0 Å². The molecule has 13 heavy (non-hydrogen) atoms. The molecule has 2 unspecified atom stereocenters. The fourth-order valence-electron chi connectivity index (χ4n) is 1.33. The first kappa shape index (κ1) is 12.9. The second-order valence-electron chi connectivity index (χ2n) is 3.93. The summed E-state index contributed by atoms with van der Waals surface area (Å²) in [5, 5.41) is 17.8. The smallest absolute Gasteiger partial charge is 0.0468 e. The number of aliphatic hydroxyl groups is 2. The van der Waals surface area contributed by atoms with Crippen LogP contribution in [0.3, 0.4) is 0 Å². The van der Waals surface area contributed by atoms with E-state index in [4.69, 9.17) is 10.2 Å². The zero-order valence-corrected chi connectivity index (χ0v) is 9.03. The summed E-state index contributed by atoms with van der Waals surface area (Å²) in [4.78, 5) is 2.27. The Bertz CT molecular complexity index is 107. The summed E-state index contributed by atoms with van der Waals surface area (Å²) >= 11 is 0. The second kappa shape index (κ2) is 7.30.